The largest absolute Gasteiger partial charge is 0.386 e. The van der Waals surface area contributed by atoms with Crippen molar-refractivity contribution in [2.75, 3.05) is 0 Å². The summed E-state index contributed by atoms with van der Waals surface area (Å²) >= 11 is 0. The number of rotatable bonds is 3. The lowest BCUT2D eigenvalue weighted by atomic mass is 10.1. The standard InChI is InChI=1S/C16H14O3/c1-2-12-8-6-7-11-14(12)16(18)19-15(17)13-9-4-3-5-10-13/h3-11H,2H2,1H3. The lowest BCUT2D eigenvalue weighted by Gasteiger charge is -2.06. The molecule has 0 radical (unpaired) electrons. The van der Waals surface area contributed by atoms with Crippen LogP contribution >= 0.6 is 0 Å². The highest BCUT2D eigenvalue weighted by Crippen LogP contribution is 2.12. The minimum absolute atomic E-state index is 0.366. The molecular formula is C16H14O3. The molecule has 0 spiro atoms. The van der Waals surface area contributed by atoms with Gasteiger partial charge in [-0.1, -0.05) is 43.3 Å². The Balaban J connectivity index is 2.16. The van der Waals surface area contributed by atoms with E-state index in [2.05, 4.69) is 0 Å². The van der Waals surface area contributed by atoms with E-state index in [-0.39, 0.29) is 0 Å². The van der Waals surface area contributed by atoms with Crippen LogP contribution in [0.4, 0.5) is 0 Å². The summed E-state index contributed by atoms with van der Waals surface area (Å²) in [6.45, 7) is 1.95. The third-order valence-corrected chi connectivity index (χ3v) is 2.81. The van der Waals surface area contributed by atoms with Gasteiger partial charge in [0.25, 0.3) is 0 Å². The quantitative estimate of drug-likeness (QED) is 0.623. The van der Waals surface area contributed by atoms with Crippen LogP contribution in [-0.2, 0) is 11.2 Å². The highest BCUT2D eigenvalue weighted by Gasteiger charge is 2.16. The van der Waals surface area contributed by atoms with Crippen LogP contribution in [0.2, 0.25) is 0 Å². The number of hydrogen-bond acceptors (Lipinski definition) is 3. The summed E-state index contributed by atoms with van der Waals surface area (Å²) in [5.41, 5.74) is 1.67. The van der Waals surface area contributed by atoms with Crippen molar-refractivity contribution >= 4 is 11.9 Å². The minimum atomic E-state index is -0.628. The molecule has 96 valence electrons. The van der Waals surface area contributed by atoms with Crippen LogP contribution in [-0.4, -0.2) is 11.9 Å². The third-order valence-electron chi connectivity index (χ3n) is 2.81. The van der Waals surface area contributed by atoms with Gasteiger partial charge in [-0.05, 0) is 30.2 Å². The fourth-order valence-corrected chi connectivity index (χ4v) is 1.80. The summed E-state index contributed by atoms with van der Waals surface area (Å²) < 4.78 is 4.89. The van der Waals surface area contributed by atoms with E-state index < -0.39 is 11.9 Å². The molecular weight excluding hydrogens is 240 g/mol. The van der Waals surface area contributed by atoms with E-state index in [4.69, 9.17) is 4.74 Å². The zero-order valence-electron chi connectivity index (χ0n) is 10.6. The Hall–Kier alpha value is -2.42. The topological polar surface area (TPSA) is 43.4 Å². The Bertz CT molecular complexity index is 588. The highest BCUT2D eigenvalue weighted by molar-refractivity contribution is 6.03. The molecule has 0 unspecified atom stereocenters. The SMILES string of the molecule is CCc1ccccc1C(=O)OC(=O)c1ccccc1. The van der Waals surface area contributed by atoms with E-state index in [9.17, 15) is 9.59 Å². The molecule has 0 aromatic heterocycles. The Morgan fingerprint density at radius 1 is 0.895 bits per heavy atom. The van der Waals surface area contributed by atoms with Crippen LogP contribution in [0.5, 0.6) is 0 Å². The van der Waals surface area contributed by atoms with E-state index in [1.54, 1.807) is 42.5 Å². The summed E-state index contributed by atoms with van der Waals surface area (Å²) in [4.78, 5) is 23.8. The van der Waals surface area contributed by atoms with Crippen molar-refractivity contribution in [3.8, 4) is 0 Å². The second-order valence-corrected chi connectivity index (χ2v) is 4.05. The van der Waals surface area contributed by atoms with Gasteiger partial charge in [-0.3, -0.25) is 0 Å². The van der Waals surface area contributed by atoms with E-state index in [0.717, 1.165) is 5.56 Å². The molecule has 0 aliphatic carbocycles. The van der Waals surface area contributed by atoms with E-state index >= 15 is 0 Å². The molecule has 19 heavy (non-hydrogen) atoms. The Kier molecular flexibility index (Phi) is 4.08. The highest BCUT2D eigenvalue weighted by atomic mass is 16.6. The third kappa shape index (κ3) is 3.07. The molecule has 0 aliphatic heterocycles. The maximum absolute atomic E-state index is 12.0. The van der Waals surface area contributed by atoms with Crippen molar-refractivity contribution in [1.82, 2.24) is 0 Å². The first-order valence-electron chi connectivity index (χ1n) is 6.12. The van der Waals surface area contributed by atoms with Crippen molar-refractivity contribution < 1.29 is 14.3 Å². The van der Waals surface area contributed by atoms with Gasteiger partial charge < -0.3 is 4.74 Å². The number of carbonyl (C=O) groups is 2. The molecule has 0 fully saturated rings. The average molecular weight is 254 g/mol. The minimum Gasteiger partial charge on any atom is -0.386 e. The number of carbonyl (C=O) groups excluding carboxylic acids is 2. The van der Waals surface area contributed by atoms with E-state index in [1.165, 1.54) is 0 Å². The second-order valence-electron chi connectivity index (χ2n) is 4.05. The number of aryl methyl sites for hydroxylation is 1. The van der Waals surface area contributed by atoms with Crippen LogP contribution in [0.1, 0.15) is 33.2 Å². The molecule has 0 aliphatic rings. The summed E-state index contributed by atoms with van der Waals surface area (Å²) in [6.07, 6.45) is 0.713. The lowest BCUT2D eigenvalue weighted by molar-refractivity contribution is 0.0397. The normalized spacial score (nSPS) is 9.95. The van der Waals surface area contributed by atoms with Gasteiger partial charge in [0.05, 0.1) is 11.1 Å². The number of benzene rings is 2. The maximum atomic E-state index is 12.0. The number of ether oxygens (including phenoxy) is 1. The second kappa shape index (κ2) is 5.96. The van der Waals surface area contributed by atoms with Crippen LogP contribution in [0, 0.1) is 0 Å². The number of hydrogen-bond donors (Lipinski definition) is 0. The van der Waals surface area contributed by atoms with Crippen molar-refractivity contribution in [2.45, 2.75) is 13.3 Å². The molecule has 2 aromatic rings. The van der Waals surface area contributed by atoms with E-state index in [0.29, 0.717) is 17.5 Å². The molecule has 3 nitrogen and oxygen atoms in total. The fraction of sp³-hybridized carbons (Fsp3) is 0.125. The lowest BCUT2D eigenvalue weighted by Crippen LogP contribution is -2.14. The van der Waals surface area contributed by atoms with E-state index in [1.807, 2.05) is 19.1 Å². The molecule has 3 heteroatoms. The molecule has 0 N–H and O–H groups in total. The molecule has 2 aromatic carbocycles. The molecule has 0 atom stereocenters. The van der Waals surface area contributed by atoms with Crippen LogP contribution < -0.4 is 0 Å². The zero-order valence-corrected chi connectivity index (χ0v) is 10.6. The van der Waals surface area contributed by atoms with Gasteiger partial charge in [-0.25, -0.2) is 9.59 Å². The molecule has 0 saturated heterocycles. The number of esters is 2. The van der Waals surface area contributed by atoms with Gasteiger partial charge in [0, 0.05) is 0 Å². The van der Waals surface area contributed by atoms with Crippen molar-refractivity contribution in [3.05, 3.63) is 71.3 Å². The van der Waals surface area contributed by atoms with Crippen LogP contribution in [0.15, 0.2) is 54.6 Å². The summed E-state index contributed by atoms with van der Waals surface area (Å²) in [6, 6.07) is 15.6. The summed E-state index contributed by atoms with van der Waals surface area (Å²) in [5, 5.41) is 0. The Labute approximate surface area is 111 Å². The smallest absolute Gasteiger partial charge is 0.346 e. The van der Waals surface area contributed by atoms with Crippen molar-refractivity contribution in [2.24, 2.45) is 0 Å². The molecule has 0 heterocycles. The van der Waals surface area contributed by atoms with Crippen LogP contribution in [0.25, 0.3) is 0 Å². The summed E-state index contributed by atoms with van der Waals surface area (Å²) in [7, 11) is 0. The Morgan fingerprint density at radius 2 is 1.53 bits per heavy atom. The molecule has 0 amide bonds. The van der Waals surface area contributed by atoms with Crippen molar-refractivity contribution in [1.29, 1.82) is 0 Å². The first-order chi connectivity index (χ1) is 9.22. The fourth-order valence-electron chi connectivity index (χ4n) is 1.80. The summed E-state index contributed by atoms with van der Waals surface area (Å²) in [5.74, 6) is -1.23. The first-order valence-corrected chi connectivity index (χ1v) is 6.12. The zero-order chi connectivity index (χ0) is 13.7. The molecule has 0 bridgehead atoms. The molecule has 2 rings (SSSR count). The van der Waals surface area contributed by atoms with Gasteiger partial charge in [0.1, 0.15) is 0 Å². The maximum Gasteiger partial charge on any atom is 0.346 e. The average Bonchev–Trinajstić information content (AvgIpc) is 2.48. The van der Waals surface area contributed by atoms with Crippen molar-refractivity contribution in [3.63, 3.8) is 0 Å². The monoisotopic (exact) mass is 254 g/mol. The van der Waals surface area contributed by atoms with Gasteiger partial charge in [0.2, 0.25) is 0 Å². The van der Waals surface area contributed by atoms with Gasteiger partial charge in [-0.2, -0.15) is 0 Å². The van der Waals surface area contributed by atoms with Gasteiger partial charge in [-0.15, -0.1) is 0 Å². The first kappa shape index (κ1) is 13.0. The van der Waals surface area contributed by atoms with Gasteiger partial charge in [0.15, 0.2) is 0 Å². The van der Waals surface area contributed by atoms with Gasteiger partial charge >= 0.3 is 11.9 Å². The predicted molar refractivity (Wildman–Crippen MR) is 72.0 cm³/mol. The molecule has 0 saturated carbocycles. The Morgan fingerprint density at radius 3 is 2.21 bits per heavy atom. The predicted octanol–water partition coefficient (Wildman–Crippen LogP) is 3.25. The van der Waals surface area contributed by atoms with Crippen LogP contribution in [0.3, 0.4) is 0 Å².